The average molecular weight is 340 g/mol. The number of benzene rings is 2. The molecule has 1 aliphatic carbocycles. The van der Waals surface area contributed by atoms with Crippen molar-refractivity contribution < 1.29 is 9.21 Å². The van der Waals surface area contributed by atoms with Crippen LogP contribution in [0.2, 0.25) is 5.02 Å². The molecule has 1 N–H and O–H groups in total. The van der Waals surface area contributed by atoms with Gasteiger partial charge in [-0.1, -0.05) is 48.0 Å². The third kappa shape index (κ3) is 2.80. The van der Waals surface area contributed by atoms with Crippen molar-refractivity contribution >= 4 is 28.5 Å². The van der Waals surface area contributed by atoms with Gasteiger partial charge in [-0.2, -0.15) is 0 Å². The smallest absolute Gasteiger partial charge is 0.224 e. The van der Waals surface area contributed by atoms with E-state index in [1.165, 1.54) is 0 Å². The molecule has 4 rings (SSSR count). The zero-order valence-corrected chi connectivity index (χ0v) is 14.1. The first-order valence-corrected chi connectivity index (χ1v) is 8.54. The number of hydrogen-bond donors (Lipinski definition) is 1. The maximum Gasteiger partial charge on any atom is 0.224 e. The van der Waals surface area contributed by atoms with E-state index in [0.29, 0.717) is 0 Å². The van der Waals surface area contributed by atoms with Crippen LogP contribution < -0.4 is 5.32 Å². The second-order valence-electron chi connectivity index (χ2n) is 6.39. The average Bonchev–Trinajstić information content (AvgIpc) is 3.25. The van der Waals surface area contributed by atoms with E-state index in [9.17, 15) is 4.79 Å². The Morgan fingerprint density at radius 3 is 2.75 bits per heavy atom. The number of para-hydroxylation sites is 1. The van der Waals surface area contributed by atoms with Crippen molar-refractivity contribution in [2.45, 2.75) is 25.3 Å². The molecule has 1 aliphatic rings. The highest BCUT2D eigenvalue weighted by molar-refractivity contribution is 6.31. The van der Waals surface area contributed by atoms with E-state index < -0.39 is 0 Å². The van der Waals surface area contributed by atoms with Crippen molar-refractivity contribution in [3.05, 3.63) is 70.9 Å². The van der Waals surface area contributed by atoms with E-state index in [1.54, 1.807) is 0 Å². The van der Waals surface area contributed by atoms with Gasteiger partial charge >= 0.3 is 0 Å². The summed E-state index contributed by atoms with van der Waals surface area (Å²) < 4.78 is 5.83. The number of carbonyl (C=O) groups is 1. The van der Waals surface area contributed by atoms with E-state index in [4.69, 9.17) is 16.0 Å². The topological polar surface area (TPSA) is 42.2 Å². The van der Waals surface area contributed by atoms with Gasteiger partial charge in [-0.15, -0.1) is 0 Å². The summed E-state index contributed by atoms with van der Waals surface area (Å²) in [6.07, 6.45) is 0.850. The molecule has 3 unspecified atom stereocenters. The maximum absolute atomic E-state index is 12.5. The van der Waals surface area contributed by atoms with Gasteiger partial charge in [0.05, 0.1) is 6.04 Å². The second-order valence-corrected chi connectivity index (χ2v) is 6.79. The molecule has 1 aromatic heterocycles. The SMILES string of the molecule is CC(NC(=O)C1CC1c1ccccc1Cl)c1cc2ccccc2o1. The van der Waals surface area contributed by atoms with Crippen LogP contribution in [0.4, 0.5) is 0 Å². The van der Waals surface area contributed by atoms with E-state index in [-0.39, 0.29) is 23.8 Å². The first kappa shape index (κ1) is 15.3. The van der Waals surface area contributed by atoms with Gasteiger partial charge in [-0.05, 0) is 43.0 Å². The highest BCUT2D eigenvalue weighted by Gasteiger charge is 2.45. The van der Waals surface area contributed by atoms with Crippen molar-refractivity contribution in [3.63, 3.8) is 0 Å². The van der Waals surface area contributed by atoms with Crippen molar-refractivity contribution in [3.8, 4) is 0 Å². The Kier molecular flexibility index (Phi) is 3.81. The number of halogens is 1. The third-order valence-corrected chi connectivity index (χ3v) is 5.01. The zero-order chi connectivity index (χ0) is 16.7. The highest BCUT2D eigenvalue weighted by atomic mass is 35.5. The van der Waals surface area contributed by atoms with Crippen molar-refractivity contribution in [1.82, 2.24) is 5.32 Å². The third-order valence-electron chi connectivity index (χ3n) is 4.66. The van der Waals surface area contributed by atoms with Gasteiger partial charge in [0.15, 0.2) is 0 Å². The van der Waals surface area contributed by atoms with Gasteiger partial charge in [0.25, 0.3) is 0 Å². The van der Waals surface area contributed by atoms with Crippen LogP contribution in [0, 0.1) is 5.92 Å². The summed E-state index contributed by atoms with van der Waals surface area (Å²) in [6.45, 7) is 1.95. The van der Waals surface area contributed by atoms with Crippen molar-refractivity contribution in [1.29, 1.82) is 0 Å². The molecule has 1 saturated carbocycles. The summed E-state index contributed by atoms with van der Waals surface area (Å²) in [6, 6.07) is 17.4. The molecule has 122 valence electrons. The van der Waals surface area contributed by atoms with E-state index >= 15 is 0 Å². The Balaban J connectivity index is 1.44. The van der Waals surface area contributed by atoms with E-state index in [1.807, 2.05) is 61.5 Å². The van der Waals surface area contributed by atoms with Crippen molar-refractivity contribution in [2.24, 2.45) is 5.92 Å². The Bertz CT molecular complexity index is 868. The van der Waals surface area contributed by atoms with Crippen LogP contribution in [0.5, 0.6) is 0 Å². The Morgan fingerprint density at radius 2 is 1.96 bits per heavy atom. The zero-order valence-electron chi connectivity index (χ0n) is 13.3. The molecule has 1 heterocycles. The highest BCUT2D eigenvalue weighted by Crippen LogP contribution is 2.49. The Hall–Kier alpha value is -2.26. The fourth-order valence-electron chi connectivity index (χ4n) is 3.21. The largest absolute Gasteiger partial charge is 0.459 e. The number of fused-ring (bicyclic) bond motifs is 1. The molecule has 0 spiro atoms. The van der Waals surface area contributed by atoms with Gasteiger partial charge in [-0.3, -0.25) is 4.79 Å². The number of nitrogens with one attached hydrogen (secondary N) is 1. The molecule has 4 heteroatoms. The lowest BCUT2D eigenvalue weighted by atomic mass is 10.1. The summed E-state index contributed by atoms with van der Waals surface area (Å²) >= 11 is 6.23. The van der Waals surface area contributed by atoms with Crippen LogP contribution in [0.1, 0.15) is 36.6 Å². The summed E-state index contributed by atoms with van der Waals surface area (Å²) in [5.74, 6) is 1.06. The fraction of sp³-hybridized carbons (Fsp3) is 0.250. The number of carbonyl (C=O) groups excluding carboxylic acids is 1. The molecule has 0 saturated heterocycles. The number of hydrogen-bond acceptors (Lipinski definition) is 2. The summed E-state index contributed by atoms with van der Waals surface area (Å²) in [4.78, 5) is 12.5. The van der Waals surface area contributed by atoms with Crippen LogP contribution in [0.25, 0.3) is 11.0 Å². The molecule has 0 bridgehead atoms. The number of rotatable bonds is 4. The predicted octanol–water partition coefficient (Wildman–Crippen LogP) is 5.07. The number of amides is 1. The van der Waals surface area contributed by atoms with Gasteiger partial charge in [0, 0.05) is 16.3 Å². The lowest BCUT2D eigenvalue weighted by molar-refractivity contribution is -0.123. The minimum atomic E-state index is -0.155. The molecule has 3 aromatic rings. The van der Waals surface area contributed by atoms with Gasteiger partial charge < -0.3 is 9.73 Å². The van der Waals surface area contributed by atoms with Crippen LogP contribution >= 0.6 is 11.6 Å². The first-order chi connectivity index (χ1) is 11.6. The minimum Gasteiger partial charge on any atom is -0.459 e. The molecule has 0 aliphatic heterocycles. The van der Waals surface area contributed by atoms with Crippen LogP contribution in [-0.4, -0.2) is 5.91 Å². The summed E-state index contributed by atoms with van der Waals surface area (Å²) in [7, 11) is 0. The van der Waals surface area contributed by atoms with E-state index in [2.05, 4.69) is 5.32 Å². The normalized spacial score (nSPS) is 20.8. The quantitative estimate of drug-likeness (QED) is 0.721. The van der Waals surface area contributed by atoms with Crippen LogP contribution in [0.3, 0.4) is 0 Å². The Labute approximate surface area is 145 Å². The van der Waals surface area contributed by atoms with Gasteiger partial charge in [0.1, 0.15) is 11.3 Å². The van der Waals surface area contributed by atoms with Crippen LogP contribution in [-0.2, 0) is 4.79 Å². The standard InChI is InChI=1S/C20H18ClNO2/c1-12(19-10-13-6-2-5-9-18(13)24-19)22-20(23)16-11-15(16)14-7-3-4-8-17(14)21/h2-10,12,15-16H,11H2,1H3,(H,22,23). The fourth-order valence-corrected chi connectivity index (χ4v) is 3.49. The predicted molar refractivity (Wildman–Crippen MR) is 95.1 cm³/mol. The molecule has 2 aromatic carbocycles. The molecular formula is C20H18ClNO2. The minimum absolute atomic E-state index is 0.00303. The van der Waals surface area contributed by atoms with E-state index in [0.717, 1.165) is 33.7 Å². The molecule has 1 amide bonds. The summed E-state index contributed by atoms with van der Waals surface area (Å²) in [5, 5.41) is 4.85. The first-order valence-electron chi connectivity index (χ1n) is 8.17. The molecule has 0 radical (unpaired) electrons. The lowest BCUT2D eigenvalue weighted by Gasteiger charge is -2.11. The molecule has 3 atom stereocenters. The summed E-state index contributed by atoms with van der Waals surface area (Å²) in [5.41, 5.74) is 1.91. The van der Waals surface area contributed by atoms with Crippen LogP contribution in [0.15, 0.2) is 59.0 Å². The van der Waals surface area contributed by atoms with Gasteiger partial charge in [-0.25, -0.2) is 0 Å². The second kappa shape index (κ2) is 5.99. The molecule has 3 nitrogen and oxygen atoms in total. The van der Waals surface area contributed by atoms with Crippen molar-refractivity contribution in [2.75, 3.05) is 0 Å². The molecule has 24 heavy (non-hydrogen) atoms. The molecule has 1 fully saturated rings. The van der Waals surface area contributed by atoms with Gasteiger partial charge in [0.2, 0.25) is 5.91 Å². The lowest BCUT2D eigenvalue weighted by Crippen LogP contribution is -2.28. The molecular weight excluding hydrogens is 322 g/mol. The monoisotopic (exact) mass is 339 g/mol. The maximum atomic E-state index is 12.5. The number of furan rings is 1. The Morgan fingerprint density at radius 1 is 1.21 bits per heavy atom.